The van der Waals surface area contributed by atoms with E-state index in [0.29, 0.717) is 0 Å². The molecule has 0 bridgehead atoms. The van der Waals surface area contributed by atoms with Crippen LogP contribution in [0.5, 0.6) is 0 Å². The first-order chi connectivity index (χ1) is 7.83. The molecule has 1 aliphatic rings. The van der Waals surface area contributed by atoms with E-state index in [-0.39, 0.29) is 0 Å². The van der Waals surface area contributed by atoms with Crippen LogP contribution in [0.2, 0.25) is 0 Å². The Morgan fingerprint density at radius 3 is 3.06 bits per heavy atom. The topological polar surface area (TPSA) is 24.9 Å². The molecule has 82 valence electrons. The van der Waals surface area contributed by atoms with E-state index in [2.05, 4.69) is 36.5 Å². The van der Waals surface area contributed by atoms with Gasteiger partial charge < -0.3 is 5.32 Å². The second-order valence-corrected chi connectivity index (χ2v) is 4.58. The minimum absolute atomic E-state index is 1.05. The predicted octanol–water partition coefficient (Wildman–Crippen LogP) is 3.29. The lowest BCUT2D eigenvalue weighted by Crippen LogP contribution is -2.02. The molecule has 1 aliphatic heterocycles. The van der Waals surface area contributed by atoms with Crippen molar-refractivity contribution in [1.82, 2.24) is 4.98 Å². The number of fused-ring (bicyclic) bond motifs is 2. The summed E-state index contributed by atoms with van der Waals surface area (Å²) < 4.78 is 0. The van der Waals surface area contributed by atoms with E-state index in [1.807, 2.05) is 0 Å². The van der Waals surface area contributed by atoms with Crippen molar-refractivity contribution in [3.05, 3.63) is 35.4 Å². The van der Waals surface area contributed by atoms with Gasteiger partial charge in [-0.15, -0.1) is 0 Å². The lowest BCUT2D eigenvalue weighted by Gasteiger charge is -2.08. The normalized spacial score (nSPS) is 15.3. The molecule has 2 heteroatoms. The van der Waals surface area contributed by atoms with Crippen LogP contribution >= 0.6 is 0 Å². The van der Waals surface area contributed by atoms with Gasteiger partial charge in [0.15, 0.2) is 0 Å². The molecule has 0 atom stereocenters. The number of nitrogens with one attached hydrogen (secondary N) is 1. The molecular weight excluding hydrogens is 196 g/mol. The maximum Gasteiger partial charge on any atom is 0.129 e. The van der Waals surface area contributed by atoms with E-state index in [0.717, 1.165) is 24.3 Å². The van der Waals surface area contributed by atoms with Gasteiger partial charge in [-0.1, -0.05) is 11.6 Å². The number of rotatable bonds is 0. The third-order valence-corrected chi connectivity index (χ3v) is 3.21. The molecule has 0 saturated heterocycles. The number of hydrogen-bond donors (Lipinski definition) is 1. The molecule has 0 spiro atoms. The van der Waals surface area contributed by atoms with E-state index < -0.39 is 0 Å². The summed E-state index contributed by atoms with van der Waals surface area (Å²) in [7, 11) is 0. The van der Waals surface area contributed by atoms with E-state index in [9.17, 15) is 0 Å². The van der Waals surface area contributed by atoms with E-state index >= 15 is 0 Å². The number of aromatic nitrogens is 1. The third-order valence-electron chi connectivity index (χ3n) is 3.21. The second kappa shape index (κ2) is 3.78. The highest BCUT2D eigenvalue weighted by Crippen LogP contribution is 2.24. The van der Waals surface area contributed by atoms with Gasteiger partial charge in [0.05, 0.1) is 5.52 Å². The molecule has 1 N–H and O–H groups in total. The summed E-state index contributed by atoms with van der Waals surface area (Å²) in [5, 5.41) is 4.69. The molecule has 16 heavy (non-hydrogen) atoms. The standard InChI is InChI=1S/C14H16N2/c1-10-5-6-13-12(8-10)9-11-4-2-3-7-15-14(11)16-13/h5-6,8-9H,2-4,7H2,1H3,(H,15,16). The number of aryl methyl sites for hydroxylation is 2. The van der Waals surface area contributed by atoms with Crippen LogP contribution in [0.25, 0.3) is 10.9 Å². The summed E-state index contributed by atoms with van der Waals surface area (Å²) in [4.78, 5) is 4.71. The van der Waals surface area contributed by atoms with Crippen molar-refractivity contribution >= 4 is 16.7 Å². The average Bonchev–Trinajstić information content (AvgIpc) is 2.50. The number of hydrogen-bond acceptors (Lipinski definition) is 2. The van der Waals surface area contributed by atoms with Crippen molar-refractivity contribution in [1.29, 1.82) is 0 Å². The Morgan fingerprint density at radius 1 is 1.19 bits per heavy atom. The zero-order valence-electron chi connectivity index (χ0n) is 9.59. The van der Waals surface area contributed by atoms with Crippen molar-refractivity contribution < 1.29 is 0 Å². The van der Waals surface area contributed by atoms with E-state index in [1.165, 1.54) is 29.4 Å². The maximum absolute atomic E-state index is 4.71. The summed E-state index contributed by atoms with van der Waals surface area (Å²) in [6.07, 6.45) is 3.66. The van der Waals surface area contributed by atoms with Gasteiger partial charge in [0, 0.05) is 11.9 Å². The van der Waals surface area contributed by atoms with Gasteiger partial charge in [0.25, 0.3) is 0 Å². The Morgan fingerprint density at radius 2 is 2.12 bits per heavy atom. The molecule has 0 saturated carbocycles. The smallest absolute Gasteiger partial charge is 0.129 e. The molecule has 0 amide bonds. The molecule has 1 aromatic carbocycles. The number of anilines is 1. The Bertz CT molecular complexity index is 531. The quantitative estimate of drug-likeness (QED) is 0.724. The molecule has 3 rings (SSSR count). The first-order valence-corrected chi connectivity index (χ1v) is 5.97. The summed E-state index contributed by atoms with van der Waals surface area (Å²) >= 11 is 0. The van der Waals surface area contributed by atoms with Crippen molar-refractivity contribution in [3.8, 4) is 0 Å². The first kappa shape index (κ1) is 9.64. The van der Waals surface area contributed by atoms with E-state index in [4.69, 9.17) is 4.98 Å². The van der Waals surface area contributed by atoms with Gasteiger partial charge in [0.1, 0.15) is 5.82 Å². The fourth-order valence-electron chi connectivity index (χ4n) is 2.33. The van der Waals surface area contributed by atoms with Crippen LogP contribution in [0.4, 0.5) is 5.82 Å². The minimum atomic E-state index is 1.05. The van der Waals surface area contributed by atoms with Gasteiger partial charge >= 0.3 is 0 Å². The Balaban J connectivity index is 2.20. The summed E-state index contributed by atoms with van der Waals surface area (Å²) in [5.41, 5.74) is 3.77. The Kier molecular flexibility index (Phi) is 2.28. The minimum Gasteiger partial charge on any atom is -0.370 e. The lowest BCUT2D eigenvalue weighted by atomic mass is 10.1. The van der Waals surface area contributed by atoms with E-state index in [1.54, 1.807) is 0 Å². The summed E-state index contributed by atoms with van der Waals surface area (Å²) in [6.45, 7) is 3.18. The molecule has 0 fully saturated rings. The Labute approximate surface area is 95.7 Å². The highest BCUT2D eigenvalue weighted by Gasteiger charge is 2.09. The molecule has 0 radical (unpaired) electrons. The van der Waals surface area contributed by atoms with Crippen molar-refractivity contribution in [3.63, 3.8) is 0 Å². The highest BCUT2D eigenvalue weighted by atomic mass is 15.0. The lowest BCUT2D eigenvalue weighted by molar-refractivity contribution is 0.786. The van der Waals surface area contributed by atoms with Crippen LogP contribution in [-0.4, -0.2) is 11.5 Å². The van der Waals surface area contributed by atoms with Crippen molar-refractivity contribution in [2.45, 2.75) is 26.2 Å². The molecule has 2 nitrogen and oxygen atoms in total. The van der Waals surface area contributed by atoms with Gasteiger partial charge in [-0.2, -0.15) is 0 Å². The molecule has 0 aliphatic carbocycles. The van der Waals surface area contributed by atoms with Gasteiger partial charge in [-0.05, 0) is 49.9 Å². The first-order valence-electron chi connectivity index (χ1n) is 5.97. The zero-order valence-corrected chi connectivity index (χ0v) is 9.59. The fourth-order valence-corrected chi connectivity index (χ4v) is 2.33. The zero-order chi connectivity index (χ0) is 11.0. The van der Waals surface area contributed by atoms with Crippen LogP contribution in [0.3, 0.4) is 0 Å². The molecule has 1 aromatic heterocycles. The average molecular weight is 212 g/mol. The SMILES string of the molecule is Cc1ccc2nc3c(cc2c1)CCCCN3. The monoisotopic (exact) mass is 212 g/mol. The van der Waals surface area contributed by atoms with Crippen LogP contribution in [0, 0.1) is 6.92 Å². The van der Waals surface area contributed by atoms with Crippen LogP contribution in [0.1, 0.15) is 24.0 Å². The summed E-state index contributed by atoms with van der Waals surface area (Å²) in [6, 6.07) is 8.74. The Hall–Kier alpha value is -1.57. The van der Waals surface area contributed by atoms with Crippen LogP contribution < -0.4 is 5.32 Å². The van der Waals surface area contributed by atoms with Crippen LogP contribution in [0.15, 0.2) is 24.3 Å². The number of benzene rings is 1. The van der Waals surface area contributed by atoms with Gasteiger partial charge in [-0.25, -0.2) is 4.98 Å². The molecule has 2 heterocycles. The van der Waals surface area contributed by atoms with Gasteiger partial charge in [-0.3, -0.25) is 0 Å². The third kappa shape index (κ3) is 1.64. The van der Waals surface area contributed by atoms with Crippen molar-refractivity contribution in [2.24, 2.45) is 0 Å². The van der Waals surface area contributed by atoms with Crippen LogP contribution in [-0.2, 0) is 6.42 Å². The highest BCUT2D eigenvalue weighted by molar-refractivity contribution is 5.82. The largest absolute Gasteiger partial charge is 0.370 e. The number of pyridine rings is 1. The number of nitrogens with zero attached hydrogens (tertiary/aromatic N) is 1. The van der Waals surface area contributed by atoms with Gasteiger partial charge in [0.2, 0.25) is 0 Å². The second-order valence-electron chi connectivity index (χ2n) is 4.58. The molecule has 0 unspecified atom stereocenters. The molecular formula is C14H16N2. The maximum atomic E-state index is 4.71. The molecule has 2 aromatic rings. The summed E-state index contributed by atoms with van der Waals surface area (Å²) in [5.74, 6) is 1.09. The van der Waals surface area contributed by atoms with Crippen molar-refractivity contribution in [2.75, 3.05) is 11.9 Å². The fraction of sp³-hybridized carbons (Fsp3) is 0.357. The predicted molar refractivity (Wildman–Crippen MR) is 67.9 cm³/mol.